The van der Waals surface area contributed by atoms with Crippen LogP contribution in [0.3, 0.4) is 0 Å². The van der Waals surface area contributed by atoms with Gasteiger partial charge in [0, 0.05) is 43.7 Å². The molecule has 2 unspecified atom stereocenters. The van der Waals surface area contributed by atoms with Crippen molar-refractivity contribution in [2.24, 2.45) is 11.7 Å². The highest BCUT2D eigenvalue weighted by Crippen LogP contribution is 2.29. The minimum Gasteiger partial charge on any atom is -0.493 e. The molecule has 26 heavy (non-hydrogen) atoms. The van der Waals surface area contributed by atoms with Crippen LogP contribution in [-0.2, 0) is 4.79 Å². The van der Waals surface area contributed by atoms with Crippen molar-refractivity contribution in [2.45, 2.75) is 25.3 Å². The number of benzene rings is 1. The van der Waals surface area contributed by atoms with Gasteiger partial charge in [0.1, 0.15) is 0 Å². The van der Waals surface area contributed by atoms with Gasteiger partial charge in [0.25, 0.3) is 5.91 Å². The number of piperazine rings is 1. The largest absolute Gasteiger partial charge is 0.493 e. The molecule has 0 aromatic heterocycles. The zero-order valence-electron chi connectivity index (χ0n) is 15.4. The second kappa shape index (κ2) is 7.95. The Kier molecular flexibility index (Phi) is 5.66. The molecule has 1 aromatic carbocycles. The zero-order chi connectivity index (χ0) is 18.7. The summed E-state index contributed by atoms with van der Waals surface area (Å²) in [5.41, 5.74) is 6.48. The first-order valence-electron chi connectivity index (χ1n) is 9.09. The monoisotopic (exact) mass is 361 g/mol. The van der Waals surface area contributed by atoms with Crippen molar-refractivity contribution in [1.82, 2.24) is 9.80 Å². The number of hydrogen-bond donors (Lipinski definition) is 1. The Morgan fingerprint density at radius 2 is 1.65 bits per heavy atom. The third-order valence-corrected chi connectivity index (χ3v) is 5.33. The molecule has 0 bridgehead atoms. The maximum Gasteiger partial charge on any atom is 0.254 e. The van der Waals surface area contributed by atoms with E-state index in [2.05, 4.69) is 0 Å². The first-order valence-corrected chi connectivity index (χ1v) is 9.09. The van der Waals surface area contributed by atoms with Gasteiger partial charge in [-0.15, -0.1) is 0 Å². The van der Waals surface area contributed by atoms with Crippen molar-refractivity contribution in [3.05, 3.63) is 23.8 Å². The molecule has 2 atom stereocenters. The maximum absolute atomic E-state index is 12.8. The molecular formula is C19H27N3O4. The molecule has 0 spiro atoms. The van der Waals surface area contributed by atoms with Gasteiger partial charge in [-0.05, 0) is 37.5 Å². The molecule has 1 aromatic rings. The highest BCUT2D eigenvalue weighted by atomic mass is 16.5. The lowest BCUT2D eigenvalue weighted by atomic mass is 10.1. The van der Waals surface area contributed by atoms with Crippen LogP contribution in [0.1, 0.15) is 29.6 Å². The van der Waals surface area contributed by atoms with E-state index in [0.717, 1.165) is 19.3 Å². The Morgan fingerprint density at radius 3 is 2.23 bits per heavy atom. The van der Waals surface area contributed by atoms with E-state index in [1.807, 2.05) is 4.90 Å². The molecule has 2 fully saturated rings. The van der Waals surface area contributed by atoms with Gasteiger partial charge in [0.05, 0.1) is 14.2 Å². The van der Waals surface area contributed by atoms with E-state index in [9.17, 15) is 9.59 Å². The van der Waals surface area contributed by atoms with Gasteiger partial charge >= 0.3 is 0 Å². The zero-order valence-corrected chi connectivity index (χ0v) is 15.4. The van der Waals surface area contributed by atoms with Gasteiger partial charge in [-0.25, -0.2) is 0 Å². The van der Waals surface area contributed by atoms with Crippen LogP contribution in [0.4, 0.5) is 0 Å². The molecule has 1 aliphatic heterocycles. The maximum atomic E-state index is 12.8. The molecule has 3 rings (SSSR count). The van der Waals surface area contributed by atoms with Crippen molar-refractivity contribution in [3.8, 4) is 11.5 Å². The van der Waals surface area contributed by atoms with Gasteiger partial charge < -0.3 is 25.0 Å². The summed E-state index contributed by atoms with van der Waals surface area (Å²) in [4.78, 5) is 29.0. The minimum absolute atomic E-state index is 0.0538. The second-order valence-corrected chi connectivity index (χ2v) is 6.96. The third-order valence-electron chi connectivity index (χ3n) is 5.33. The number of carbonyl (C=O) groups is 2. The molecular weight excluding hydrogens is 334 g/mol. The SMILES string of the molecule is COc1ccc(C(=O)N2CCN(C(=O)C3CCC(N)C3)CC2)cc1OC. The normalized spacial score (nSPS) is 23.0. The van der Waals surface area contributed by atoms with Gasteiger partial charge in [-0.1, -0.05) is 0 Å². The van der Waals surface area contributed by atoms with Crippen LogP contribution < -0.4 is 15.2 Å². The van der Waals surface area contributed by atoms with E-state index in [4.69, 9.17) is 15.2 Å². The Hall–Kier alpha value is -2.28. The third kappa shape index (κ3) is 3.77. The summed E-state index contributed by atoms with van der Waals surface area (Å²) in [6.07, 6.45) is 2.59. The summed E-state index contributed by atoms with van der Waals surface area (Å²) in [5, 5.41) is 0. The Bertz CT molecular complexity index is 671. The van der Waals surface area contributed by atoms with Crippen molar-refractivity contribution < 1.29 is 19.1 Å². The number of hydrogen-bond acceptors (Lipinski definition) is 5. The molecule has 1 aliphatic carbocycles. The van der Waals surface area contributed by atoms with Crippen LogP contribution >= 0.6 is 0 Å². The molecule has 2 N–H and O–H groups in total. The summed E-state index contributed by atoms with van der Waals surface area (Å²) in [5.74, 6) is 1.31. The number of carbonyl (C=O) groups excluding carboxylic acids is 2. The predicted molar refractivity (Wildman–Crippen MR) is 97.3 cm³/mol. The fraction of sp³-hybridized carbons (Fsp3) is 0.579. The Labute approximate surface area is 154 Å². The first-order chi connectivity index (χ1) is 12.5. The molecule has 2 aliphatic rings. The van der Waals surface area contributed by atoms with Crippen LogP contribution in [0.15, 0.2) is 18.2 Å². The smallest absolute Gasteiger partial charge is 0.254 e. The fourth-order valence-electron chi connectivity index (χ4n) is 3.78. The van der Waals surface area contributed by atoms with E-state index >= 15 is 0 Å². The lowest BCUT2D eigenvalue weighted by Crippen LogP contribution is -2.51. The molecule has 1 heterocycles. The fourth-order valence-corrected chi connectivity index (χ4v) is 3.78. The van der Waals surface area contributed by atoms with Crippen LogP contribution in [0.5, 0.6) is 11.5 Å². The highest BCUT2D eigenvalue weighted by molar-refractivity contribution is 5.95. The summed E-state index contributed by atoms with van der Waals surface area (Å²) in [7, 11) is 3.11. The van der Waals surface area contributed by atoms with Gasteiger partial charge in [-0.3, -0.25) is 9.59 Å². The Balaban J connectivity index is 1.59. The summed E-state index contributed by atoms with van der Waals surface area (Å²) in [6, 6.07) is 5.31. The van der Waals surface area contributed by atoms with E-state index in [0.29, 0.717) is 43.2 Å². The average molecular weight is 361 g/mol. The molecule has 7 heteroatoms. The van der Waals surface area contributed by atoms with Crippen LogP contribution in [0, 0.1) is 5.92 Å². The lowest BCUT2D eigenvalue weighted by Gasteiger charge is -2.36. The summed E-state index contributed by atoms with van der Waals surface area (Å²) >= 11 is 0. The average Bonchev–Trinajstić information content (AvgIpc) is 3.12. The highest BCUT2D eigenvalue weighted by Gasteiger charge is 2.33. The quantitative estimate of drug-likeness (QED) is 0.869. The Morgan fingerprint density at radius 1 is 1.00 bits per heavy atom. The van der Waals surface area contributed by atoms with Crippen LogP contribution in [0.2, 0.25) is 0 Å². The van der Waals surface area contributed by atoms with Gasteiger partial charge in [-0.2, -0.15) is 0 Å². The number of nitrogens with zero attached hydrogens (tertiary/aromatic N) is 2. The number of ether oxygens (including phenoxy) is 2. The summed E-state index contributed by atoms with van der Waals surface area (Å²) in [6.45, 7) is 2.22. The number of nitrogens with two attached hydrogens (primary N) is 1. The standard InChI is InChI=1S/C19H27N3O4/c1-25-16-6-4-14(12-17(16)26-2)19(24)22-9-7-21(8-10-22)18(23)13-3-5-15(20)11-13/h4,6,12-13,15H,3,5,7-11,20H2,1-2H3. The molecule has 7 nitrogen and oxygen atoms in total. The second-order valence-electron chi connectivity index (χ2n) is 6.96. The van der Waals surface area contributed by atoms with Crippen molar-refractivity contribution >= 4 is 11.8 Å². The van der Waals surface area contributed by atoms with Crippen LogP contribution in [0.25, 0.3) is 0 Å². The minimum atomic E-state index is -0.0547. The van der Waals surface area contributed by atoms with Gasteiger partial charge in [0.2, 0.25) is 5.91 Å². The van der Waals surface area contributed by atoms with E-state index < -0.39 is 0 Å². The molecule has 1 saturated heterocycles. The van der Waals surface area contributed by atoms with E-state index in [-0.39, 0.29) is 23.8 Å². The first kappa shape index (κ1) is 18.5. The van der Waals surface area contributed by atoms with Crippen molar-refractivity contribution in [1.29, 1.82) is 0 Å². The number of rotatable bonds is 4. The van der Waals surface area contributed by atoms with E-state index in [1.165, 1.54) is 0 Å². The van der Waals surface area contributed by atoms with Crippen LogP contribution in [-0.4, -0.2) is 68.1 Å². The number of amides is 2. The summed E-state index contributed by atoms with van der Waals surface area (Å²) < 4.78 is 10.5. The molecule has 2 amide bonds. The molecule has 0 radical (unpaired) electrons. The topological polar surface area (TPSA) is 85.1 Å². The van der Waals surface area contributed by atoms with E-state index in [1.54, 1.807) is 37.3 Å². The molecule has 1 saturated carbocycles. The number of methoxy groups -OCH3 is 2. The van der Waals surface area contributed by atoms with Crippen molar-refractivity contribution in [2.75, 3.05) is 40.4 Å². The van der Waals surface area contributed by atoms with Gasteiger partial charge in [0.15, 0.2) is 11.5 Å². The lowest BCUT2D eigenvalue weighted by molar-refractivity contribution is -0.136. The van der Waals surface area contributed by atoms with Crippen molar-refractivity contribution in [3.63, 3.8) is 0 Å². The molecule has 142 valence electrons. The predicted octanol–water partition coefficient (Wildman–Crippen LogP) is 1.12.